The van der Waals surface area contributed by atoms with Crippen LogP contribution in [0.25, 0.3) is 10.8 Å². The molecule has 0 unspecified atom stereocenters. The molecule has 0 saturated heterocycles. The number of hydrogen-bond acceptors (Lipinski definition) is 5. The van der Waals surface area contributed by atoms with Crippen molar-refractivity contribution in [3.05, 3.63) is 77.9 Å². The van der Waals surface area contributed by atoms with Crippen molar-refractivity contribution in [3.63, 3.8) is 0 Å². The minimum atomic E-state index is -0.410. The van der Waals surface area contributed by atoms with Gasteiger partial charge in [0.1, 0.15) is 5.75 Å². The summed E-state index contributed by atoms with van der Waals surface area (Å²) in [6.07, 6.45) is 0.791. The molecule has 0 N–H and O–H groups in total. The molecule has 3 aromatic carbocycles. The lowest BCUT2D eigenvalue weighted by Gasteiger charge is -2.22. The molecular formula is C25H24N2O4. The van der Waals surface area contributed by atoms with Crippen LogP contribution in [0.5, 0.6) is 5.75 Å². The molecular weight excluding hydrogens is 392 g/mol. The molecule has 6 heteroatoms. The number of esters is 1. The average Bonchev–Trinajstić information content (AvgIpc) is 3.27. The first-order valence-corrected chi connectivity index (χ1v) is 10.3. The van der Waals surface area contributed by atoms with Gasteiger partial charge < -0.3 is 9.47 Å². The van der Waals surface area contributed by atoms with Crippen molar-refractivity contribution >= 4 is 28.4 Å². The van der Waals surface area contributed by atoms with Gasteiger partial charge in [0.2, 0.25) is 0 Å². The van der Waals surface area contributed by atoms with Gasteiger partial charge >= 0.3 is 5.97 Å². The van der Waals surface area contributed by atoms with Gasteiger partial charge in [0.15, 0.2) is 6.61 Å². The third-order valence-electron chi connectivity index (χ3n) is 5.39. The van der Waals surface area contributed by atoms with E-state index in [0.717, 1.165) is 33.4 Å². The Morgan fingerprint density at radius 1 is 1.03 bits per heavy atom. The van der Waals surface area contributed by atoms with E-state index >= 15 is 0 Å². The van der Waals surface area contributed by atoms with Crippen LogP contribution < -0.4 is 4.74 Å². The van der Waals surface area contributed by atoms with Gasteiger partial charge in [-0.2, -0.15) is 5.10 Å². The Bertz CT molecular complexity index is 1140. The van der Waals surface area contributed by atoms with Crippen LogP contribution in [0.2, 0.25) is 0 Å². The van der Waals surface area contributed by atoms with Crippen molar-refractivity contribution in [1.82, 2.24) is 5.01 Å². The number of carbonyl (C=O) groups excluding carboxylic acids is 2. The zero-order valence-electron chi connectivity index (χ0n) is 17.6. The normalized spacial score (nSPS) is 15.6. The molecule has 3 aromatic rings. The lowest BCUT2D eigenvalue weighted by atomic mass is 9.97. The van der Waals surface area contributed by atoms with Crippen molar-refractivity contribution in [3.8, 4) is 5.75 Å². The van der Waals surface area contributed by atoms with Crippen LogP contribution in [0, 0.1) is 0 Å². The van der Waals surface area contributed by atoms with E-state index in [4.69, 9.17) is 9.47 Å². The molecule has 0 radical (unpaired) electrons. The van der Waals surface area contributed by atoms with Gasteiger partial charge in [-0.15, -0.1) is 0 Å². The second-order valence-electron chi connectivity index (χ2n) is 7.35. The molecule has 0 aromatic heterocycles. The number of benzene rings is 3. The minimum absolute atomic E-state index is 0.223. The highest BCUT2D eigenvalue weighted by atomic mass is 16.5. The Labute approximate surface area is 181 Å². The zero-order valence-corrected chi connectivity index (χ0v) is 17.6. The van der Waals surface area contributed by atoms with E-state index < -0.39 is 5.97 Å². The van der Waals surface area contributed by atoms with E-state index in [1.165, 1.54) is 5.01 Å². The Kier molecular flexibility index (Phi) is 5.98. The van der Waals surface area contributed by atoms with Gasteiger partial charge in [-0.05, 0) is 40.1 Å². The lowest BCUT2D eigenvalue weighted by Crippen LogP contribution is -2.31. The number of hydrazone groups is 1. The molecule has 6 nitrogen and oxygen atoms in total. The summed E-state index contributed by atoms with van der Waals surface area (Å²) in [5.74, 6) is -0.0159. The molecule has 4 rings (SSSR count). The fraction of sp³-hybridized carbons (Fsp3) is 0.240. The smallest absolute Gasteiger partial charge is 0.306 e. The third kappa shape index (κ3) is 4.43. The molecule has 1 aliphatic rings. The Morgan fingerprint density at radius 3 is 2.48 bits per heavy atom. The first-order chi connectivity index (χ1) is 15.1. The van der Waals surface area contributed by atoms with Gasteiger partial charge in [0, 0.05) is 12.8 Å². The van der Waals surface area contributed by atoms with Crippen LogP contribution >= 0.6 is 0 Å². The third-order valence-corrected chi connectivity index (χ3v) is 5.39. The van der Waals surface area contributed by atoms with Crippen LogP contribution in [0.1, 0.15) is 36.9 Å². The molecule has 1 heterocycles. The molecule has 0 spiro atoms. The Balaban J connectivity index is 1.65. The van der Waals surface area contributed by atoms with E-state index in [1.54, 1.807) is 14.0 Å². The predicted molar refractivity (Wildman–Crippen MR) is 119 cm³/mol. The number of carbonyl (C=O) groups is 2. The molecule has 0 saturated carbocycles. The summed E-state index contributed by atoms with van der Waals surface area (Å²) in [4.78, 5) is 24.4. The number of rotatable bonds is 6. The molecule has 0 fully saturated rings. The van der Waals surface area contributed by atoms with E-state index in [1.807, 2.05) is 42.5 Å². The first-order valence-electron chi connectivity index (χ1n) is 10.3. The monoisotopic (exact) mass is 416 g/mol. The number of fused-ring (bicyclic) bond motifs is 1. The van der Waals surface area contributed by atoms with E-state index in [9.17, 15) is 9.59 Å². The highest BCUT2D eigenvalue weighted by Crippen LogP contribution is 2.34. The highest BCUT2D eigenvalue weighted by molar-refractivity contribution is 6.05. The standard InChI is InChI=1S/C25H24N2O4/c1-3-25(29)31-16-24(28)27-23(18-10-12-21(30-2)13-11-18)15-22(26-27)20-9-8-17-6-4-5-7-19(17)14-20/h4-14,23H,3,15-16H2,1-2H3/t23-/m1/s1. The Hall–Kier alpha value is -3.67. The number of amides is 1. The van der Waals surface area contributed by atoms with Gasteiger partial charge in [-0.1, -0.05) is 55.5 Å². The van der Waals surface area contributed by atoms with E-state index in [0.29, 0.717) is 6.42 Å². The SMILES string of the molecule is CCC(=O)OCC(=O)N1N=C(c2ccc3ccccc3c2)C[C@@H]1c1ccc(OC)cc1. The summed E-state index contributed by atoms with van der Waals surface area (Å²) in [6, 6.07) is 21.6. The van der Waals surface area contributed by atoms with Crippen molar-refractivity contribution in [2.75, 3.05) is 13.7 Å². The van der Waals surface area contributed by atoms with Crippen molar-refractivity contribution in [1.29, 1.82) is 0 Å². The van der Waals surface area contributed by atoms with Crippen LogP contribution in [0.3, 0.4) is 0 Å². The molecule has 158 valence electrons. The molecule has 1 aliphatic heterocycles. The average molecular weight is 416 g/mol. The number of hydrogen-bond donors (Lipinski definition) is 0. The second-order valence-corrected chi connectivity index (χ2v) is 7.35. The minimum Gasteiger partial charge on any atom is -0.497 e. The lowest BCUT2D eigenvalue weighted by molar-refractivity contribution is -0.152. The summed E-state index contributed by atoms with van der Waals surface area (Å²) in [5.41, 5.74) is 2.73. The molecule has 1 amide bonds. The van der Waals surface area contributed by atoms with Crippen LogP contribution in [0.4, 0.5) is 0 Å². The van der Waals surface area contributed by atoms with Crippen molar-refractivity contribution in [2.45, 2.75) is 25.8 Å². The maximum absolute atomic E-state index is 12.9. The summed E-state index contributed by atoms with van der Waals surface area (Å²) in [6.45, 7) is 1.37. The number of nitrogens with zero attached hydrogens (tertiary/aromatic N) is 2. The number of ether oxygens (including phenoxy) is 2. The fourth-order valence-electron chi connectivity index (χ4n) is 3.68. The van der Waals surface area contributed by atoms with Crippen LogP contribution in [-0.2, 0) is 14.3 Å². The van der Waals surface area contributed by atoms with Gasteiger partial charge in [0.25, 0.3) is 5.91 Å². The van der Waals surface area contributed by atoms with Crippen LogP contribution in [0.15, 0.2) is 71.8 Å². The molecule has 0 aliphatic carbocycles. The van der Waals surface area contributed by atoms with E-state index in [2.05, 4.69) is 29.4 Å². The summed E-state index contributed by atoms with van der Waals surface area (Å²) in [7, 11) is 1.61. The molecule has 31 heavy (non-hydrogen) atoms. The summed E-state index contributed by atoms with van der Waals surface area (Å²) in [5, 5.41) is 8.35. The number of methoxy groups -OCH3 is 1. The van der Waals surface area contributed by atoms with Gasteiger partial charge in [-0.3, -0.25) is 9.59 Å². The molecule has 0 bridgehead atoms. The second kappa shape index (κ2) is 9.00. The maximum Gasteiger partial charge on any atom is 0.306 e. The summed E-state index contributed by atoms with van der Waals surface area (Å²) < 4.78 is 10.3. The predicted octanol–water partition coefficient (Wildman–Crippen LogP) is 4.48. The van der Waals surface area contributed by atoms with Crippen molar-refractivity contribution < 1.29 is 19.1 Å². The first kappa shape index (κ1) is 20.6. The van der Waals surface area contributed by atoms with Crippen molar-refractivity contribution in [2.24, 2.45) is 5.10 Å². The quantitative estimate of drug-likeness (QED) is 0.556. The maximum atomic E-state index is 12.9. The van der Waals surface area contributed by atoms with Gasteiger partial charge in [0.05, 0.1) is 18.9 Å². The Morgan fingerprint density at radius 2 is 1.77 bits per heavy atom. The summed E-state index contributed by atoms with van der Waals surface area (Å²) >= 11 is 0. The van der Waals surface area contributed by atoms with Gasteiger partial charge in [-0.25, -0.2) is 5.01 Å². The fourth-order valence-corrected chi connectivity index (χ4v) is 3.68. The van der Waals surface area contributed by atoms with Crippen LogP contribution in [-0.4, -0.2) is 36.3 Å². The highest BCUT2D eigenvalue weighted by Gasteiger charge is 2.33. The molecule has 1 atom stereocenters. The van der Waals surface area contributed by atoms with E-state index in [-0.39, 0.29) is 25.0 Å². The largest absolute Gasteiger partial charge is 0.497 e. The zero-order chi connectivity index (χ0) is 21.8. The topological polar surface area (TPSA) is 68.2 Å².